The fraction of sp³-hybridized carbons (Fsp3) is 0.867. The van der Waals surface area contributed by atoms with Gasteiger partial charge in [0.2, 0.25) is 0 Å². The summed E-state index contributed by atoms with van der Waals surface area (Å²) in [5.41, 5.74) is -1.47. The number of nitriles is 2. The number of hydrogen-bond donors (Lipinski definition) is 0. The van der Waals surface area contributed by atoms with E-state index < -0.39 is 24.4 Å². The summed E-state index contributed by atoms with van der Waals surface area (Å²) in [6.07, 6.45) is 1.65. The fourth-order valence-electron chi connectivity index (χ4n) is 2.11. The Hall–Kier alpha value is -1.23. The van der Waals surface area contributed by atoms with E-state index in [1.807, 2.05) is 0 Å². The maximum Gasteiger partial charge on any atom is 0.389 e. The molecule has 0 radical (unpaired) electrons. The molecule has 0 fully saturated rings. The van der Waals surface area contributed by atoms with Gasteiger partial charge in [-0.25, -0.2) is 0 Å². The lowest BCUT2D eigenvalue weighted by Gasteiger charge is -2.19. The zero-order valence-corrected chi connectivity index (χ0v) is 12.1. The molecule has 0 saturated carbocycles. The van der Waals surface area contributed by atoms with Gasteiger partial charge in [-0.05, 0) is 12.8 Å². The Balaban J connectivity index is 4.03. The molecule has 114 valence electrons. The Morgan fingerprint density at radius 3 is 1.70 bits per heavy atom. The SMILES string of the molecule is CCCCCCCCCC(C#N)(C#N)CCC(F)(F)F. The van der Waals surface area contributed by atoms with E-state index in [2.05, 4.69) is 6.92 Å². The van der Waals surface area contributed by atoms with Crippen LogP contribution in [0.2, 0.25) is 0 Å². The first-order valence-corrected chi connectivity index (χ1v) is 7.28. The van der Waals surface area contributed by atoms with E-state index in [0.717, 1.165) is 19.3 Å². The number of unbranched alkanes of at least 4 members (excludes halogenated alkanes) is 6. The Kier molecular flexibility index (Phi) is 9.05. The van der Waals surface area contributed by atoms with Gasteiger partial charge in [0, 0.05) is 6.42 Å². The van der Waals surface area contributed by atoms with Gasteiger partial charge in [-0.1, -0.05) is 51.9 Å². The maximum absolute atomic E-state index is 12.2. The molecule has 0 aliphatic heterocycles. The number of halogens is 3. The second-order valence-corrected chi connectivity index (χ2v) is 5.29. The molecule has 0 aromatic heterocycles. The second-order valence-electron chi connectivity index (χ2n) is 5.29. The van der Waals surface area contributed by atoms with Gasteiger partial charge in [0.1, 0.15) is 5.41 Å². The van der Waals surface area contributed by atoms with Crippen LogP contribution in [0.1, 0.15) is 71.1 Å². The van der Waals surface area contributed by atoms with Gasteiger partial charge in [0.25, 0.3) is 0 Å². The van der Waals surface area contributed by atoms with E-state index in [-0.39, 0.29) is 6.42 Å². The average Bonchev–Trinajstić information content (AvgIpc) is 2.41. The van der Waals surface area contributed by atoms with Crippen molar-refractivity contribution in [2.75, 3.05) is 0 Å². The third kappa shape index (κ3) is 8.80. The minimum absolute atomic E-state index is 0.240. The van der Waals surface area contributed by atoms with Gasteiger partial charge < -0.3 is 0 Å². The Bertz CT molecular complexity index is 322. The molecule has 20 heavy (non-hydrogen) atoms. The van der Waals surface area contributed by atoms with E-state index in [0.29, 0.717) is 6.42 Å². The normalized spacial score (nSPS) is 11.9. The standard InChI is InChI=1S/C15H23F3N2/c1-2-3-4-5-6-7-8-9-14(12-19,13-20)10-11-15(16,17)18/h2-11H2,1H3. The van der Waals surface area contributed by atoms with Crippen LogP contribution in [0.4, 0.5) is 13.2 Å². The van der Waals surface area contributed by atoms with Crippen molar-refractivity contribution >= 4 is 0 Å². The van der Waals surface area contributed by atoms with Crippen LogP contribution >= 0.6 is 0 Å². The number of alkyl halides is 3. The monoisotopic (exact) mass is 288 g/mol. The molecular weight excluding hydrogens is 265 g/mol. The summed E-state index contributed by atoms with van der Waals surface area (Å²) in [4.78, 5) is 0. The van der Waals surface area contributed by atoms with Crippen LogP contribution < -0.4 is 0 Å². The largest absolute Gasteiger partial charge is 0.389 e. The van der Waals surface area contributed by atoms with E-state index in [1.165, 1.54) is 19.3 Å². The molecule has 0 unspecified atom stereocenters. The molecule has 0 aromatic carbocycles. The smallest absolute Gasteiger partial charge is 0.197 e. The molecule has 0 rings (SSSR count). The zero-order valence-electron chi connectivity index (χ0n) is 12.1. The van der Waals surface area contributed by atoms with Gasteiger partial charge in [0.15, 0.2) is 0 Å². The van der Waals surface area contributed by atoms with E-state index >= 15 is 0 Å². The number of hydrogen-bond acceptors (Lipinski definition) is 2. The third-order valence-corrected chi connectivity index (χ3v) is 3.47. The molecule has 0 saturated heterocycles. The van der Waals surface area contributed by atoms with Crippen molar-refractivity contribution in [2.45, 2.75) is 77.3 Å². The fourth-order valence-corrected chi connectivity index (χ4v) is 2.11. The molecular formula is C15H23F3N2. The van der Waals surface area contributed by atoms with Crippen LogP contribution in [0.15, 0.2) is 0 Å². The van der Waals surface area contributed by atoms with Gasteiger partial charge in [-0.3, -0.25) is 0 Å². The molecule has 0 N–H and O–H groups in total. The summed E-state index contributed by atoms with van der Waals surface area (Å²) in [6.45, 7) is 2.13. The summed E-state index contributed by atoms with van der Waals surface area (Å²) in [5, 5.41) is 18.0. The molecule has 2 nitrogen and oxygen atoms in total. The van der Waals surface area contributed by atoms with Crippen molar-refractivity contribution in [3.8, 4) is 12.1 Å². The number of nitrogens with zero attached hydrogens (tertiary/aromatic N) is 2. The summed E-state index contributed by atoms with van der Waals surface area (Å²) in [5.74, 6) is 0. The molecule has 0 aromatic rings. The topological polar surface area (TPSA) is 47.6 Å². The maximum atomic E-state index is 12.2. The summed E-state index contributed by atoms with van der Waals surface area (Å²) in [7, 11) is 0. The zero-order chi connectivity index (χ0) is 15.5. The summed E-state index contributed by atoms with van der Waals surface area (Å²) < 4.78 is 36.6. The highest BCUT2D eigenvalue weighted by Crippen LogP contribution is 2.34. The van der Waals surface area contributed by atoms with Crippen molar-refractivity contribution < 1.29 is 13.2 Å². The average molecular weight is 288 g/mol. The summed E-state index contributed by atoms with van der Waals surface area (Å²) >= 11 is 0. The van der Waals surface area contributed by atoms with Crippen molar-refractivity contribution in [2.24, 2.45) is 5.41 Å². The highest BCUT2D eigenvalue weighted by molar-refractivity contribution is 5.13. The van der Waals surface area contributed by atoms with Crippen LogP contribution in [0.3, 0.4) is 0 Å². The predicted molar refractivity (Wildman–Crippen MR) is 71.6 cm³/mol. The molecule has 0 spiro atoms. The second kappa shape index (κ2) is 9.64. The lowest BCUT2D eigenvalue weighted by Crippen LogP contribution is -2.20. The molecule has 5 heteroatoms. The first-order valence-electron chi connectivity index (χ1n) is 7.28. The Morgan fingerprint density at radius 1 is 0.750 bits per heavy atom. The Labute approximate surface area is 119 Å². The molecule has 0 amide bonds. The molecule has 0 heterocycles. The lowest BCUT2D eigenvalue weighted by molar-refractivity contribution is -0.138. The van der Waals surface area contributed by atoms with Crippen LogP contribution in [0, 0.1) is 28.1 Å². The minimum Gasteiger partial charge on any atom is -0.197 e. The van der Waals surface area contributed by atoms with E-state index in [1.54, 1.807) is 12.1 Å². The van der Waals surface area contributed by atoms with Crippen LogP contribution in [0.25, 0.3) is 0 Å². The van der Waals surface area contributed by atoms with Crippen molar-refractivity contribution in [3.63, 3.8) is 0 Å². The van der Waals surface area contributed by atoms with Crippen LogP contribution in [0.5, 0.6) is 0 Å². The molecule has 0 atom stereocenters. The van der Waals surface area contributed by atoms with E-state index in [4.69, 9.17) is 10.5 Å². The van der Waals surface area contributed by atoms with Crippen molar-refractivity contribution in [1.29, 1.82) is 10.5 Å². The highest BCUT2D eigenvalue weighted by atomic mass is 19.4. The minimum atomic E-state index is -4.31. The molecule has 0 bridgehead atoms. The first-order chi connectivity index (χ1) is 9.39. The quantitative estimate of drug-likeness (QED) is 0.498. The van der Waals surface area contributed by atoms with Crippen molar-refractivity contribution in [3.05, 3.63) is 0 Å². The van der Waals surface area contributed by atoms with Gasteiger partial charge in [-0.2, -0.15) is 23.7 Å². The molecule has 0 aliphatic rings. The van der Waals surface area contributed by atoms with Gasteiger partial charge in [0.05, 0.1) is 12.1 Å². The third-order valence-electron chi connectivity index (χ3n) is 3.47. The lowest BCUT2D eigenvalue weighted by atomic mass is 9.81. The van der Waals surface area contributed by atoms with Gasteiger partial charge in [-0.15, -0.1) is 0 Å². The van der Waals surface area contributed by atoms with Gasteiger partial charge >= 0.3 is 6.18 Å². The summed E-state index contributed by atoms with van der Waals surface area (Å²) in [6, 6.07) is 3.58. The van der Waals surface area contributed by atoms with Crippen molar-refractivity contribution in [1.82, 2.24) is 0 Å². The first kappa shape index (κ1) is 18.8. The number of rotatable bonds is 10. The van der Waals surface area contributed by atoms with Crippen LogP contribution in [-0.2, 0) is 0 Å². The van der Waals surface area contributed by atoms with E-state index in [9.17, 15) is 13.2 Å². The Morgan fingerprint density at radius 2 is 1.25 bits per heavy atom. The van der Waals surface area contributed by atoms with Crippen LogP contribution in [-0.4, -0.2) is 6.18 Å². The molecule has 0 aliphatic carbocycles. The predicted octanol–water partition coefficient (Wildman–Crippen LogP) is 5.50. The highest BCUT2D eigenvalue weighted by Gasteiger charge is 2.36.